The Bertz CT molecular complexity index is 639. The number of urea groups is 1. The molecule has 3 heteroatoms. The number of hydrogen-bond acceptors (Lipinski definition) is 1. The Morgan fingerprint density at radius 3 is 2.44 bits per heavy atom. The van der Waals surface area contributed by atoms with Gasteiger partial charge in [0.1, 0.15) is 0 Å². The van der Waals surface area contributed by atoms with E-state index in [0.717, 1.165) is 30.6 Å². The number of nitrogens with one attached hydrogen (secondary N) is 2. The molecule has 0 aliphatic rings. The summed E-state index contributed by atoms with van der Waals surface area (Å²) in [7, 11) is 0. The summed E-state index contributed by atoms with van der Waals surface area (Å²) >= 11 is 0. The van der Waals surface area contributed by atoms with Crippen molar-refractivity contribution in [3.63, 3.8) is 0 Å². The Kier molecular flexibility index (Phi) is 8.03. The normalized spacial score (nSPS) is 11.8. The van der Waals surface area contributed by atoms with Crippen LogP contribution in [-0.4, -0.2) is 12.6 Å². The molecule has 2 amide bonds. The molecular weight excluding hydrogens is 308 g/mol. The molecule has 0 aromatic heterocycles. The summed E-state index contributed by atoms with van der Waals surface area (Å²) in [4.78, 5) is 12.3. The van der Waals surface area contributed by atoms with Gasteiger partial charge < -0.3 is 10.6 Å². The third kappa shape index (κ3) is 6.61. The Morgan fingerprint density at radius 2 is 1.72 bits per heavy atom. The third-order valence-corrected chi connectivity index (χ3v) is 4.60. The second-order valence-electron chi connectivity index (χ2n) is 6.57. The van der Waals surface area contributed by atoms with Crippen molar-refractivity contribution in [2.45, 2.75) is 46.0 Å². The van der Waals surface area contributed by atoms with E-state index in [4.69, 9.17) is 0 Å². The number of carbonyl (C=O) groups is 1. The zero-order chi connectivity index (χ0) is 17.9. The second kappa shape index (κ2) is 10.5. The molecule has 0 bridgehead atoms. The molecule has 1 unspecified atom stereocenters. The number of hydrogen-bond donors (Lipinski definition) is 2. The molecule has 1 atom stereocenters. The number of rotatable bonds is 9. The minimum atomic E-state index is -0.115. The smallest absolute Gasteiger partial charge is 0.319 e. The van der Waals surface area contributed by atoms with E-state index in [1.807, 2.05) is 36.4 Å². The van der Waals surface area contributed by atoms with Crippen LogP contribution >= 0.6 is 0 Å². The van der Waals surface area contributed by atoms with E-state index in [2.05, 4.69) is 42.7 Å². The van der Waals surface area contributed by atoms with Gasteiger partial charge in [-0.25, -0.2) is 4.79 Å². The van der Waals surface area contributed by atoms with Gasteiger partial charge in [0.05, 0.1) is 0 Å². The van der Waals surface area contributed by atoms with E-state index >= 15 is 0 Å². The van der Waals surface area contributed by atoms with Crippen LogP contribution < -0.4 is 10.6 Å². The van der Waals surface area contributed by atoms with Crippen molar-refractivity contribution in [2.24, 2.45) is 5.92 Å². The number of amides is 2. The second-order valence-corrected chi connectivity index (χ2v) is 6.57. The monoisotopic (exact) mass is 338 g/mol. The van der Waals surface area contributed by atoms with Crippen LogP contribution in [0.15, 0.2) is 54.6 Å². The van der Waals surface area contributed by atoms with Crippen molar-refractivity contribution < 1.29 is 4.79 Å². The zero-order valence-corrected chi connectivity index (χ0v) is 15.4. The highest BCUT2D eigenvalue weighted by Crippen LogP contribution is 2.19. The zero-order valence-electron chi connectivity index (χ0n) is 15.4. The van der Waals surface area contributed by atoms with Gasteiger partial charge in [-0.15, -0.1) is 0 Å². The minimum absolute atomic E-state index is 0.115. The maximum absolute atomic E-state index is 12.3. The molecule has 0 saturated heterocycles. The van der Waals surface area contributed by atoms with E-state index in [0.29, 0.717) is 5.92 Å². The predicted octanol–water partition coefficient (Wildman–Crippen LogP) is 5.62. The van der Waals surface area contributed by atoms with Crippen LogP contribution in [0.5, 0.6) is 0 Å². The molecule has 0 saturated carbocycles. The first-order chi connectivity index (χ1) is 12.2. The van der Waals surface area contributed by atoms with E-state index in [-0.39, 0.29) is 6.03 Å². The quantitative estimate of drug-likeness (QED) is 0.612. The lowest BCUT2D eigenvalue weighted by atomic mass is 9.99. The molecule has 2 rings (SSSR count). The molecule has 25 heavy (non-hydrogen) atoms. The van der Waals surface area contributed by atoms with Gasteiger partial charge in [-0.05, 0) is 36.0 Å². The van der Waals surface area contributed by atoms with Gasteiger partial charge in [-0.3, -0.25) is 0 Å². The molecule has 0 heterocycles. The molecule has 0 fully saturated rings. The van der Waals surface area contributed by atoms with Crippen LogP contribution in [-0.2, 0) is 6.42 Å². The SMILES string of the molecule is CCCCC(CC)CNC(=O)Nc1ccccc1Cc1ccccc1. The largest absolute Gasteiger partial charge is 0.338 e. The fourth-order valence-corrected chi connectivity index (χ4v) is 2.96. The average Bonchev–Trinajstić information content (AvgIpc) is 2.64. The summed E-state index contributed by atoms with van der Waals surface area (Å²) in [6, 6.07) is 18.2. The number of unbranched alkanes of at least 4 members (excludes halogenated alkanes) is 1. The summed E-state index contributed by atoms with van der Waals surface area (Å²) in [5, 5.41) is 6.05. The van der Waals surface area contributed by atoms with Crippen molar-refractivity contribution in [2.75, 3.05) is 11.9 Å². The van der Waals surface area contributed by atoms with Crippen molar-refractivity contribution in [1.29, 1.82) is 0 Å². The van der Waals surface area contributed by atoms with Crippen LogP contribution in [0, 0.1) is 5.92 Å². The Morgan fingerprint density at radius 1 is 1.00 bits per heavy atom. The van der Waals surface area contributed by atoms with Gasteiger partial charge in [0.15, 0.2) is 0 Å². The fraction of sp³-hybridized carbons (Fsp3) is 0.409. The highest BCUT2D eigenvalue weighted by Gasteiger charge is 2.10. The van der Waals surface area contributed by atoms with Crippen LogP contribution in [0.3, 0.4) is 0 Å². The Hall–Kier alpha value is -2.29. The summed E-state index contributed by atoms with van der Waals surface area (Å²) < 4.78 is 0. The lowest BCUT2D eigenvalue weighted by molar-refractivity contribution is 0.249. The average molecular weight is 338 g/mol. The molecule has 0 radical (unpaired) electrons. The van der Waals surface area contributed by atoms with E-state index in [1.165, 1.54) is 24.8 Å². The van der Waals surface area contributed by atoms with Gasteiger partial charge in [-0.1, -0.05) is 81.6 Å². The lowest BCUT2D eigenvalue weighted by Gasteiger charge is -2.16. The molecule has 0 spiro atoms. The van der Waals surface area contributed by atoms with Crippen LogP contribution in [0.4, 0.5) is 10.5 Å². The fourth-order valence-electron chi connectivity index (χ4n) is 2.96. The van der Waals surface area contributed by atoms with Crippen molar-refractivity contribution in [3.05, 3.63) is 65.7 Å². The number of para-hydroxylation sites is 1. The molecule has 134 valence electrons. The maximum Gasteiger partial charge on any atom is 0.319 e. The number of anilines is 1. The van der Waals surface area contributed by atoms with Crippen molar-refractivity contribution >= 4 is 11.7 Å². The number of benzene rings is 2. The van der Waals surface area contributed by atoms with Gasteiger partial charge in [0, 0.05) is 12.2 Å². The molecule has 3 nitrogen and oxygen atoms in total. The first-order valence-electron chi connectivity index (χ1n) is 9.39. The van der Waals surface area contributed by atoms with Crippen molar-refractivity contribution in [3.8, 4) is 0 Å². The van der Waals surface area contributed by atoms with E-state index in [1.54, 1.807) is 0 Å². The maximum atomic E-state index is 12.3. The molecule has 2 aromatic rings. The third-order valence-electron chi connectivity index (χ3n) is 4.60. The first kappa shape index (κ1) is 19.0. The van der Waals surface area contributed by atoms with Crippen LogP contribution in [0.1, 0.15) is 50.7 Å². The molecule has 0 aliphatic heterocycles. The van der Waals surface area contributed by atoms with Gasteiger partial charge in [-0.2, -0.15) is 0 Å². The van der Waals surface area contributed by atoms with Gasteiger partial charge in [0.25, 0.3) is 0 Å². The van der Waals surface area contributed by atoms with E-state index in [9.17, 15) is 4.79 Å². The summed E-state index contributed by atoms with van der Waals surface area (Å²) in [6.45, 7) is 5.13. The lowest BCUT2D eigenvalue weighted by Crippen LogP contribution is -2.33. The van der Waals surface area contributed by atoms with Gasteiger partial charge in [0.2, 0.25) is 0 Å². The van der Waals surface area contributed by atoms with Crippen LogP contribution in [0.2, 0.25) is 0 Å². The highest BCUT2D eigenvalue weighted by atomic mass is 16.2. The Balaban J connectivity index is 1.92. The van der Waals surface area contributed by atoms with Gasteiger partial charge >= 0.3 is 6.03 Å². The standard InChI is InChI=1S/C22H30N2O/c1-3-5-11-18(4-2)17-23-22(25)24-21-15-10-9-14-20(21)16-19-12-7-6-8-13-19/h6-10,12-15,18H,3-5,11,16-17H2,1-2H3,(H2,23,24,25). The number of carbonyl (C=O) groups excluding carboxylic acids is 1. The highest BCUT2D eigenvalue weighted by molar-refractivity contribution is 5.90. The first-order valence-corrected chi connectivity index (χ1v) is 9.39. The summed E-state index contributed by atoms with van der Waals surface area (Å²) in [5.74, 6) is 0.560. The molecular formula is C22H30N2O. The minimum Gasteiger partial charge on any atom is -0.338 e. The van der Waals surface area contributed by atoms with Crippen molar-refractivity contribution in [1.82, 2.24) is 5.32 Å². The molecule has 2 aromatic carbocycles. The Labute approximate surface area is 151 Å². The molecule has 2 N–H and O–H groups in total. The summed E-state index contributed by atoms with van der Waals surface area (Å²) in [6.07, 6.45) is 5.52. The molecule has 0 aliphatic carbocycles. The summed E-state index contributed by atoms with van der Waals surface area (Å²) in [5.41, 5.74) is 3.25. The van der Waals surface area contributed by atoms with Crippen LogP contribution in [0.25, 0.3) is 0 Å². The topological polar surface area (TPSA) is 41.1 Å². The van der Waals surface area contributed by atoms with E-state index < -0.39 is 0 Å². The predicted molar refractivity (Wildman–Crippen MR) is 106 cm³/mol.